The van der Waals surface area contributed by atoms with Crippen LogP contribution in [0.1, 0.15) is 297 Å². The number of hydrogen-bond donors (Lipinski definition) is 0. The highest BCUT2D eigenvalue weighted by Gasteiger charge is 2.19. The number of unbranched alkanes of at least 4 members (excludes halogenated alkanes) is 25. The Morgan fingerprint density at radius 3 is 0.756 bits per heavy atom. The molecule has 0 aromatic rings. The quantitative estimate of drug-likeness (QED) is 0.0261. The zero-order valence-corrected chi connectivity index (χ0v) is 53.2. The van der Waals surface area contributed by atoms with Crippen molar-refractivity contribution in [3.8, 4) is 0 Å². The van der Waals surface area contributed by atoms with Crippen LogP contribution in [0.25, 0.3) is 0 Å². The average Bonchev–Trinajstić information content (AvgIpc) is 3.47. The summed E-state index contributed by atoms with van der Waals surface area (Å²) in [5.74, 6) is -0.917. The number of carbonyl (C=O) groups is 3. The van der Waals surface area contributed by atoms with Gasteiger partial charge < -0.3 is 14.2 Å². The molecule has 1 atom stereocenters. The maximum absolute atomic E-state index is 12.9. The third-order valence-electron chi connectivity index (χ3n) is 14.1. The first kappa shape index (κ1) is 77.3. The number of esters is 3. The molecule has 6 heteroatoms. The molecule has 0 aliphatic carbocycles. The van der Waals surface area contributed by atoms with E-state index in [2.05, 4.69) is 167 Å². The lowest BCUT2D eigenvalue weighted by Gasteiger charge is -2.18. The highest BCUT2D eigenvalue weighted by Crippen LogP contribution is 2.15. The maximum atomic E-state index is 12.9. The Morgan fingerprint density at radius 1 is 0.256 bits per heavy atom. The lowest BCUT2D eigenvalue weighted by Crippen LogP contribution is -2.30. The van der Waals surface area contributed by atoms with Crippen LogP contribution in [0.15, 0.2) is 146 Å². The molecule has 0 aromatic heterocycles. The second-order valence-corrected chi connectivity index (χ2v) is 22.0. The van der Waals surface area contributed by atoms with Gasteiger partial charge in [-0.15, -0.1) is 0 Å². The molecule has 0 N–H and O–H groups in total. The van der Waals surface area contributed by atoms with E-state index >= 15 is 0 Å². The summed E-state index contributed by atoms with van der Waals surface area (Å²) in [6.45, 7) is 6.39. The molecule has 0 aromatic carbocycles. The molecule has 0 saturated heterocycles. The van der Waals surface area contributed by atoms with Gasteiger partial charge in [0.05, 0.1) is 0 Å². The van der Waals surface area contributed by atoms with Crippen molar-refractivity contribution in [2.24, 2.45) is 0 Å². The predicted octanol–water partition coefficient (Wildman–Crippen LogP) is 23.5. The summed E-state index contributed by atoms with van der Waals surface area (Å²) in [6.07, 6.45) is 98.5. The van der Waals surface area contributed by atoms with Crippen LogP contribution >= 0.6 is 0 Å². The van der Waals surface area contributed by atoms with Crippen LogP contribution in [0.4, 0.5) is 0 Å². The molecular weight excluding hydrogens is 1010 g/mol. The van der Waals surface area contributed by atoms with Crippen LogP contribution in [-0.2, 0) is 28.6 Å². The normalized spacial score (nSPS) is 13.1. The smallest absolute Gasteiger partial charge is 0.306 e. The molecule has 0 aliphatic heterocycles. The minimum Gasteiger partial charge on any atom is -0.462 e. The van der Waals surface area contributed by atoms with Gasteiger partial charge in [0.25, 0.3) is 0 Å². The Hall–Kier alpha value is -4.71. The number of carbonyl (C=O) groups excluding carboxylic acids is 3. The molecular formula is C76H124O6. The number of allylic oxidation sites excluding steroid dienone is 24. The van der Waals surface area contributed by atoms with Gasteiger partial charge in [0.2, 0.25) is 0 Å². The van der Waals surface area contributed by atoms with Gasteiger partial charge in [0, 0.05) is 19.3 Å². The number of rotatable bonds is 60. The molecule has 0 radical (unpaired) electrons. The van der Waals surface area contributed by atoms with E-state index in [-0.39, 0.29) is 31.1 Å². The van der Waals surface area contributed by atoms with Crippen LogP contribution in [0.5, 0.6) is 0 Å². The lowest BCUT2D eigenvalue weighted by molar-refractivity contribution is -0.167. The van der Waals surface area contributed by atoms with Gasteiger partial charge in [0.15, 0.2) is 6.10 Å². The van der Waals surface area contributed by atoms with Crippen molar-refractivity contribution in [2.75, 3.05) is 13.2 Å². The zero-order chi connectivity index (χ0) is 59.2. The van der Waals surface area contributed by atoms with E-state index < -0.39 is 6.10 Å². The monoisotopic (exact) mass is 1130 g/mol. The van der Waals surface area contributed by atoms with Crippen LogP contribution in [-0.4, -0.2) is 37.2 Å². The summed E-state index contributed by atoms with van der Waals surface area (Å²) in [4.78, 5) is 38.4. The standard InChI is InChI=1S/C76H124O6/c1-4-7-10-13-16-19-22-25-28-30-32-34-35-36-37-38-39-40-41-43-44-46-48-51-54-57-60-63-66-69-75(78)81-72-73(71-80-74(77)68-65-62-59-56-53-50-27-24-21-18-15-12-9-6-3)82-76(79)70-67-64-61-58-55-52-49-47-45-42-33-31-29-26-23-20-17-14-11-8-5-2/h7-8,10-11,16-17,19-20,24-29,32-34,36-37,39-40,42-44,73H,4-6,9,12-15,18,21-23,30-31,35,38,41,45-72H2,1-3H3/b10-7-,11-8-,19-16-,20-17-,27-24-,28-25-,29-26-,34-32-,37-36-,40-39-,42-33-,44-43-. The largest absolute Gasteiger partial charge is 0.462 e. The van der Waals surface area contributed by atoms with E-state index in [1.54, 1.807) is 0 Å². The van der Waals surface area contributed by atoms with Crippen molar-refractivity contribution >= 4 is 17.9 Å². The summed E-state index contributed by atoms with van der Waals surface area (Å²) in [7, 11) is 0. The second-order valence-electron chi connectivity index (χ2n) is 22.0. The minimum atomic E-state index is -0.798. The summed E-state index contributed by atoms with van der Waals surface area (Å²) in [5.41, 5.74) is 0. The van der Waals surface area contributed by atoms with Crippen molar-refractivity contribution in [1.29, 1.82) is 0 Å². The Morgan fingerprint density at radius 2 is 0.476 bits per heavy atom. The number of hydrogen-bond acceptors (Lipinski definition) is 6. The fourth-order valence-corrected chi connectivity index (χ4v) is 9.06. The summed E-state index contributed by atoms with van der Waals surface area (Å²) >= 11 is 0. The minimum absolute atomic E-state index is 0.0929. The molecule has 0 rings (SSSR count). The van der Waals surface area contributed by atoms with E-state index in [1.807, 2.05) is 0 Å². The van der Waals surface area contributed by atoms with Crippen LogP contribution in [0.3, 0.4) is 0 Å². The van der Waals surface area contributed by atoms with E-state index in [4.69, 9.17) is 14.2 Å². The highest BCUT2D eigenvalue weighted by molar-refractivity contribution is 5.71. The molecule has 0 bridgehead atoms. The molecule has 82 heavy (non-hydrogen) atoms. The van der Waals surface area contributed by atoms with E-state index in [0.29, 0.717) is 19.3 Å². The Labute approximate surface area is 506 Å². The first-order valence-electron chi connectivity index (χ1n) is 33.8. The molecule has 0 heterocycles. The third-order valence-corrected chi connectivity index (χ3v) is 14.1. The van der Waals surface area contributed by atoms with Gasteiger partial charge >= 0.3 is 17.9 Å². The van der Waals surface area contributed by atoms with Crippen LogP contribution in [0.2, 0.25) is 0 Å². The van der Waals surface area contributed by atoms with Crippen molar-refractivity contribution < 1.29 is 28.6 Å². The zero-order valence-electron chi connectivity index (χ0n) is 53.2. The third kappa shape index (κ3) is 66.1. The van der Waals surface area contributed by atoms with Crippen LogP contribution < -0.4 is 0 Å². The SMILES string of the molecule is CC/C=C\C/C=C\C/C=C\C/C=C\C/C=C\C/C=C\C/C=C\CCCCCCCCCC(=O)OCC(COC(=O)CCCCCCC/C=C\CCCCCCC)OC(=O)CCCCCCCCCC/C=C\C/C=C\C/C=C\C/C=C\CC. The highest BCUT2D eigenvalue weighted by atomic mass is 16.6. The topological polar surface area (TPSA) is 78.9 Å². The average molecular weight is 1130 g/mol. The Bertz CT molecular complexity index is 1780. The van der Waals surface area contributed by atoms with Crippen molar-refractivity contribution in [2.45, 2.75) is 303 Å². The Balaban J connectivity index is 4.39. The summed E-state index contributed by atoms with van der Waals surface area (Å²) in [6, 6.07) is 0. The maximum Gasteiger partial charge on any atom is 0.306 e. The van der Waals surface area contributed by atoms with Crippen molar-refractivity contribution in [1.82, 2.24) is 0 Å². The second kappa shape index (κ2) is 68.8. The van der Waals surface area contributed by atoms with Crippen molar-refractivity contribution in [3.63, 3.8) is 0 Å². The van der Waals surface area contributed by atoms with E-state index in [0.717, 1.165) is 148 Å². The first-order chi connectivity index (χ1) is 40.5. The lowest BCUT2D eigenvalue weighted by atomic mass is 10.1. The molecule has 1 unspecified atom stereocenters. The molecule has 0 amide bonds. The van der Waals surface area contributed by atoms with Gasteiger partial charge in [-0.25, -0.2) is 0 Å². The Kier molecular flexibility index (Phi) is 64.8. The van der Waals surface area contributed by atoms with Gasteiger partial charge in [-0.3, -0.25) is 14.4 Å². The van der Waals surface area contributed by atoms with Gasteiger partial charge in [-0.05, 0) is 141 Å². The predicted molar refractivity (Wildman–Crippen MR) is 357 cm³/mol. The van der Waals surface area contributed by atoms with Crippen molar-refractivity contribution in [3.05, 3.63) is 146 Å². The summed E-state index contributed by atoms with van der Waals surface area (Å²) in [5, 5.41) is 0. The van der Waals surface area contributed by atoms with Gasteiger partial charge in [0.1, 0.15) is 13.2 Å². The van der Waals surface area contributed by atoms with Crippen LogP contribution in [0, 0.1) is 0 Å². The fraction of sp³-hybridized carbons (Fsp3) is 0.645. The number of ether oxygens (including phenoxy) is 3. The fourth-order valence-electron chi connectivity index (χ4n) is 9.06. The molecule has 0 saturated carbocycles. The molecule has 6 nitrogen and oxygen atoms in total. The molecule has 0 aliphatic rings. The molecule has 0 spiro atoms. The van der Waals surface area contributed by atoms with Gasteiger partial charge in [-0.2, -0.15) is 0 Å². The molecule has 0 fully saturated rings. The van der Waals surface area contributed by atoms with E-state index in [1.165, 1.54) is 109 Å². The molecule has 464 valence electrons. The first-order valence-corrected chi connectivity index (χ1v) is 33.8. The van der Waals surface area contributed by atoms with E-state index in [9.17, 15) is 14.4 Å². The summed E-state index contributed by atoms with van der Waals surface area (Å²) < 4.78 is 16.9. The van der Waals surface area contributed by atoms with Gasteiger partial charge in [-0.1, -0.05) is 282 Å².